The van der Waals surface area contributed by atoms with E-state index in [1.165, 1.54) is 5.57 Å². The van der Waals surface area contributed by atoms with Crippen molar-refractivity contribution in [2.45, 2.75) is 48.5 Å². The zero-order valence-corrected chi connectivity index (χ0v) is 18.3. The number of hydrogen-bond donors (Lipinski definition) is 1. The topological polar surface area (TPSA) is 37.3 Å². The minimum atomic E-state index is -0.917. The van der Waals surface area contributed by atoms with Gasteiger partial charge in [-0.15, -0.1) is 0 Å². The number of carboxylic acid groups (broad SMARTS) is 1. The van der Waals surface area contributed by atoms with E-state index in [1.807, 2.05) is 19.1 Å². The lowest BCUT2D eigenvalue weighted by Crippen LogP contribution is -2.09. The third kappa shape index (κ3) is 7.96. The molecular formula is C26H34O2. The Labute approximate surface area is 170 Å². The van der Waals surface area contributed by atoms with E-state index in [9.17, 15) is 4.79 Å². The minimum absolute atomic E-state index is 0.0205. The number of aromatic carboxylic acids is 1. The van der Waals surface area contributed by atoms with Gasteiger partial charge >= 0.3 is 5.97 Å². The summed E-state index contributed by atoms with van der Waals surface area (Å²) in [6, 6.07) is 6.81. The minimum Gasteiger partial charge on any atom is -0.478 e. The van der Waals surface area contributed by atoms with Crippen LogP contribution in [-0.2, 0) is 0 Å². The molecule has 0 heterocycles. The van der Waals surface area contributed by atoms with Crippen LogP contribution in [0.5, 0.6) is 0 Å². The molecule has 0 aliphatic heterocycles. The monoisotopic (exact) mass is 378 g/mol. The third-order valence-electron chi connectivity index (χ3n) is 4.26. The van der Waals surface area contributed by atoms with Crippen LogP contribution in [-0.4, -0.2) is 11.1 Å². The highest BCUT2D eigenvalue weighted by Crippen LogP contribution is 2.30. The summed E-state index contributed by atoms with van der Waals surface area (Å²) in [5.74, 6) is -0.917. The smallest absolute Gasteiger partial charge is 0.335 e. The first-order valence-corrected chi connectivity index (χ1v) is 9.62. The SMILES string of the molecule is C=C(/C=C/c1ccc(C(=O)O)cc1)C(=C/C)/C=C(\C=C\C(C)(C)C)C(C)(C)C. The van der Waals surface area contributed by atoms with Gasteiger partial charge in [-0.05, 0) is 52.2 Å². The molecule has 0 unspecified atom stereocenters. The second-order valence-corrected chi connectivity index (χ2v) is 9.08. The molecule has 0 saturated heterocycles. The predicted molar refractivity (Wildman–Crippen MR) is 121 cm³/mol. The van der Waals surface area contributed by atoms with E-state index in [2.05, 4.69) is 72.4 Å². The molecule has 0 aliphatic rings. The Hall–Kier alpha value is -2.61. The average molecular weight is 379 g/mol. The summed E-state index contributed by atoms with van der Waals surface area (Å²) in [6.45, 7) is 19.4. The van der Waals surface area contributed by atoms with Gasteiger partial charge in [0.05, 0.1) is 5.56 Å². The molecule has 2 heteroatoms. The number of carbonyl (C=O) groups is 1. The second-order valence-electron chi connectivity index (χ2n) is 9.08. The van der Waals surface area contributed by atoms with Crippen molar-refractivity contribution in [2.75, 3.05) is 0 Å². The Bertz CT molecular complexity index is 815. The van der Waals surface area contributed by atoms with Crippen molar-refractivity contribution in [3.8, 4) is 0 Å². The quantitative estimate of drug-likeness (QED) is 0.521. The summed E-state index contributed by atoms with van der Waals surface area (Å²) in [7, 11) is 0. The molecule has 0 aromatic heterocycles. The van der Waals surface area contributed by atoms with Crippen LogP contribution in [0.3, 0.4) is 0 Å². The maximum absolute atomic E-state index is 11.0. The van der Waals surface area contributed by atoms with Gasteiger partial charge in [-0.2, -0.15) is 0 Å². The molecule has 0 radical (unpaired) electrons. The van der Waals surface area contributed by atoms with Gasteiger partial charge in [0.15, 0.2) is 0 Å². The van der Waals surface area contributed by atoms with E-state index in [-0.39, 0.29) is 16.4 Å². The maximum atomic E-state index is 11.0. The number of carboxylic acids is 1. The van der Waals surface area contributed by atoms with E-state index in [1.54, 1.807) is 24.3 Å². The highest BCUT2D eigenvalue weighted by Gasteiger charge is 2.16. The van der Waals surface area contributed by atoms with E-state index >= 15 is 0 Å². The molecule has 1 aromatic carbocycles. The number of hydrogen-bond acceptors (Lipinski definition) is 1. The Morgan fingerprint density at radius 2 is 1.57 bits per heavy atom. The van der Waals surface area contributed by atoms with Gasteiger partial charge in [0, 0.05) is 0 Å². The lowest BCUT2D eigenvalue weighted by atomic mass is 9.82. The van der Waals surface area contributed by atoms with Gasteiger partial charge < -0.3 is 5.11 Å². The molecule has 2 nitrogen and oxygen atoms in total. The molecule has 0 atom stereocenters. The van der Waals surface area contributed by atoms with Gasteiger partial charge in [-0.25, -0.2) is 4.79 Å². The zero-order valence-electron chi connectivity index (χ0n) is 18.3. The van der Waals surface area contributed by atoms with Gasteiger partial charge in [0.2, 0.25) is 0 Å². The molecule has 1 aromatic rings. The van der Waals surface area contributed by atoms with Crippen LogP contribution in [0.1, 0.15) is 64.4 Å². The van der Waals surface area contributed by atoms with Crippen LogP contribution < -0.4 is 0 Å². The predicted octanol–water partition coefficient (Wildman–Crippen LogP) is 7.48. The number of allylic oxidation sites excluding steroid dienone is 8. The first-order valence-electron chi connectivity index (χ1n) is 9.62. The summed E-state index contributed by atoms with van der Waals surface area (Å²) in [4.78, 5) is 11.0. The van der Waals surface area contributed by atoms with Crippen LogP contribution in [0.15, 0.2) is 77.9 Å². The molecule has 0 amide bonds. The van der Waals surface area contributed by atoms with Crippen LogP contribution in [0.4, 0.5) is 0 Å². The molecular weight excluding hydrogens is 344 g/mol. The molecule has 0 bridgehead atoms. The second kappa shape index (κ2) is 9.54. The van der Waals surface area contributed by atoms with Gasteiger partial charge in [0.25, 0.3) is 0 Å². The molecule has 150 valence electrons. The van der Waals surface area contributed by atoms with E-state index < -0.39 is 5.97 Å². The van der Waals surface area contributed by atoms with Crippen molar-refractivity contribution in [2.24, 2.45) is 10.8 Å². The average Bonchev–Trinajstić information content (AvgIpc) is 2.58. The van der Waals surface area contributed by atoms with Crippen molar-refractivity contribution in [1.82, 2.24) is 0 Å². The molecule has 1 N–H and O–H groups in total. The molecule has 0 fully saturated rings. The fraction of sp³-hybridized carbons (Fsp3) is 0.346. The largest absolute Gasteiger partial charge is 0.478 e. The molecule has 28 heavy (non-hydrogen) atoms. The van der Waals surface area contributed by atoms with Crippen LogP contribution in [0, 0.1) is 10.8 Å². The van der Waals surface area contributed by atoms with E-state index in [0.29, 0.717) is 0 Å². The first-order chi connectivity index (χ1) is 12.8. The number of benzene rings is 1. The standard InChI is InChI=1S/C26H34O2/c1-9-21(18-23(26(6,7)8)16-17-25(3,4)5)19(2)10-11-20-12-14-22(15-13-20)24(27)28/h9-18H,2H2,1,3-8H3,(H,27,28)/b11-10+,17-16+,21-9+,23-18+. The molecule has 0 saturated carbocycles. The van der Waals surface area contributed by atoms with Crippen molar-refractivity contribution in [1.29, 1.82) is 0 Å². The fourth-order valence-corrected chi connectivity index (χ4v) is 2.41. The van der Waals surface area contributed by atoms with Gasteiger partial charge in [-0.3, -0.25) is 0 Å². The lowest BCUT2D eigenvalue weighted by molar-refractivity contribution is 0.0697. The summed E-state index contributed by atoms with van der Waals surface area (Å²) >= 11 is 0. The summed E-state index contributed by atoms with van der Waals surface area (Å²) in [5.41, 5.74) is 4.60. The first kappa shape index (κ1) is 23.4. The number of rotatable bonds is 6. The maximum Gasteiger partial charge on any atom is 0.335 e. The molecule has 0 aliphatic carbocycles. The lowest BCUT2D eigenvalue weighted by Gasteiger charge is -2.23. The van der Waals surface area contributed by atoms with Crippen LogP contribution in [0.25, 0.3) is 6.08 Å². The normalized spacial score (nSPS) is 14.1. The van der Waals surface area contributed by atoms with Crippen molar-refractivity contribution in [3.63, 3.8) is 0 Å². The van der Waals surface area contributed by atoms with Crippen LogP contribution >= 0.6 is 0 Å². The summed E-state index contributed by atoms with van der Waals surface area (Å²) < 4.78 is 0. The molecule has 1 rings (SSSR count). The Kier molecular flexibility index (Phi) is 7.99. The highest BCUT2D eigenvalue weighted by atomic mass is 16.4. The van der Waals surface area contributed by atoms with Gasteiger partial charge in [0.1, 0.15) is 0 Å². The fourth-order valence-electron chi connectivity index (χ4n) is 2.41. The summed E-state index contributed by atoms with van der Waals surface area (Å²) in [5, 5.41) is 8.99. The van der Waals surface area contributed by atoms with Crippen molar-refractivity contribution < 1.29 is 9.90 Å². The molecule has 0 spiro atoms. The Morgan fingerprint density at radius 1 is 1.00 bits per heavy atom. The Balaban J connectivity index is 3.09. The summed E-state index contributed by atoms with van der Waals surface area (Å²) in [6.07, 6.45) is 12.6. The van der Waals surface area contributed by atoms with Crippen molar-refractivity contribution in [3.05, 3.63) is 89.1 Å². The zero-order chi connectivity index (χ0) is 21.5. The van der Waals surface area contributed by atoms with E-state index in [4.69, 9.17) is 5.11 Å². The Morgan fingerprint density at radius 3 is 2.00 bits per heavy atom. The van der Waals surface area contributed by atoms with E-state index in [0.717, 1.165) is 16.7 Å². The third-order valence-corrected chi connectivity index (χ3v) is 4.26. The van der Waals surface area contributed by atoms with Crippen LogP contribution in [0.2, 0.25) is 0 Å². The van der Waals surface area contributed by atoms with Gasteiger partial charge in [-0.1, -0.05) is 96.7 Å². The highest BCUT2D eigenvalue weighted by molar-refractivity contribution is 5.87. The van der Waals surface area contributed by atoms with Crippen molar-refractivity contribution >= 4 is 12.0 Å².